The van der Waals surface area contributed by atoms with E-state index < -0.39 is 0 Å². The number of nitrogens with one attached hydrogen (secondary N) is 1. The maximum Gasteiger partial charge on any atom is 0.253 e. The molecule has 2 rings (SSSR count). The molecule has 0 aromatic carbocycles. The van der Waals surface area contributed by atoms with Gasteiger partial charge in [0, 0.05) is 12.3 Å². The van der Waals surface area contributed by atoms with Crippen molar-refractivity contribution in [2.24, 2.45) is 0 Å². The number of carbonyl (C=O) groups is 1. The minimum Gasteiger partial charge on any atom is -0.397 e. The van der Waals surface area contributed by atoms with Gasteiger partial charge in [-0.15, -0.1) is 0 Å². The minimum absolute atomic E-state index is 0.259. The van der Waals surface area contributed by atoms with Gasteiger partial charge < -0.3 is 15.6 Å². The molecule has 3 N–H and O–H groups in total. The first-order valence-electron chi connectivity index (χ1n) is 5.06. The van der Waals surface area contributed by atoms with E-state index in [0.29, 0.717) is 29.2 Å². The second kappa shape index (κ2) is 4.65. The average molecular weight is 232 g/mol. The molecule has 6 heteroatoms. The van der Waals surface area contributed by atoms with E-state index >= 15 is 0 Å². The predicted molar refractivity (Wildman–Crippen MR) is 61.1 cm³/mol. The second-order valence-corrected chi connectivity index (χ2v) is 3.57. The molecule has 0 aliphatic rings. The van der Waals surface area contributed by atoms with Crippen molar-refractivity contribution in [2.75, 3.05) is 5.73 Å². The molecule has 0 radical (unpaired) electrons. The number of aromatic nitrogens is 2. The number of nitrogens with two attached hydrogens (primary N) is 1. The molecule has 0 aliphatic heterocycles. The summed E-state index contributed by atoms with van der Waals surface area (Å²) in [6.45, 7) is 2.09. The van der Waals surface area contributed by atoms with Gasteiger partial charge in [0.1, 0.15) is 11.5 Å². The van der Waals surface area contributed by atoms with Gasteiger partial charge >= 0.3 is 0 Å². The lowest BCUT2D eigenvalue weighted by atomic mass is 10.2. The van der Waals surface area contributed by atoms with Crippen LogP contribution in [0.2, 0.25) is 0 Å². The van der Waals surface area contributed by atoms with Crippen LogP contribution >= 0.6 is 0 Å². The Balaban J connectivity index is 2.01. The van der Waals surface area contributed by atoms with Crippen LogP contribution < -0.4 is 11.1 Å². The Hall–Kier alpha value is -2.37. The van der Waals surface area contributed by atoms with Gasteiger partial charge in [0.15, 0.2) is 0 Å². The van der Waals surface area contributed by atoms with Crippen molar-refractivity contribution < 1.29 is 9.32 Å². The van der Waals surface area contributed by atoms with Crippen molar-refractivity contribution in [1.82, 2.24) is 15.5 Å². The van der Waals surface area contributed by atoms with E-state index in [-0.39, 0.29) is 5.91 Å². The van der Waals surface area contributed by atoms with E-state index in [1.807, 2.05) is 0 Å². The van der Waals surface area contributed by atoms with Crippen LogP contribution in [-0.2, 0) is 6.54 Å². The summed E-state index contributed by atoms with van der Waals surface area (Å²) < 4.78 is 4.89. The Morgan fingerprint density at radius 2 is 2.41 bits per heavy atom. The molecular weight excluding hydrogens is 220 g/mol. The molecule has 1 amide bonds. The van der Waals surface area contributed by atoms with Crippen LogP contribution in [0.1, 0.15) is 21.8 Å². The zero-order valence-electron chi connectivity index (χ0n) is 9.30. The van der Waals surface area contributed by atoms with E-state index in [0.717, 1.165) is 0 Å². The largest absolute Gasteiger partial charge is 0.397 e. The van der Waals surface area contributed by atoms with E-state index in [9.17, 15) is 4.79 Å². The van der Waals surface area contributed by atoms with Crippen molar-refractivity contribution in [3.05, 3.63) is 41.5 Å². The van der Waals surface area contributed by atoms with Crippen LogP contribution in [0.15, 0.2) is 29.0 Å². The van der Waals surface area contributed by atoms with Gasteiger partial charge in [0.05, 0.1) is 24.0 Å². The Morgan fingerprint density at radius 1 is 1.59 bits per heavy atom. The fraction of sp³-hybridized carbons (Fsp3) is 0.182. The van der Waals surface area contributed by atoms with Crippen LogP contribution in [0.4, 0.5) is 5.69 Å². The predicted octanol–water partition coefficient (Wildman–Crippen LogP) is 0.890. The molecule has 2 aromatic rings. The Bertz CT molecular complexity index is 536. The summed E-state index contributed by atoms with van der Waals surface area (Å²) in [6, 6.07) is 3.33. The van der Waals surface area contributed by atoms with E-state index in [1.54, 1.807) is 19.1 Å². The fourth-order valence-corrected chi connectivity index (χ4v) is 1.38. The number of nitrogen functional groups attached to an aromatic ring is 1. The Labute approximate surface area is 97.8 Å². The minimum atomic E-state index is -0.259. The van der Waals surface area contributed by atoms with E-state index in [1.165, 1.54) is 12.4 Å². The van der Waals surface area contributed by atoms with E-state index in [2.05, 4.69) is 15.5 Å². The molecule has 17 heavy (non-hydrogen) atoms. The van der Waals surface area contributed by atoms with Gasteiger partial charge in [-0.3, -0.25) is 9.78 Å². The summed E-state index contributed by atoms with van der Waals surface area (Å²) in [5.74, 6) is 0.447. The van der Waals surface area contributed by atoms with Crippen LogP contribution in [0, 0.1) is 6.92 Å². The Kier molecular flexibility index (Phi) is 3.04. The van der Waals surface area contributed by atoms with Gasteiger partial charge in [-0.2, -0.15) is 0 Å². The van der Waals surface area contributed by atoms with Crippen LogP contribution in [0.3, 0.4) is 0 Å². The van der Waals surface area contributed by atoms with Crippen molar-refractivity contribution in [3.8, 4) is 0 Å². The molecule has 0 atom stereocenters. The highest BCUT2D eigenvalue weighted by atomic mass is 16.5. The zero-order valence-corrected chi connectivity index (χ0v) is 9.30. The molecule has 0 aliphatic carbocycles. The summed E-state index contributed by atoms with van der Waals surface area (Å²) in [5, 5.41) is 6.47. The molecule has 0 unspecified atom stereocenters. The molecule has 0 saturated carbocycles. The average Bonchev–Trinajstić information content (AvgIpc) is 2.73. The molecule has 0 spiro atoms. The molecule has 2 aromatic heterocycles. The monoisotopic (exact) mass is 232 g/mol. The van der Waals surface area contributed by atoms with Crippen molar-refractivity contribution in [2.45, 2.75) is 13.5 Å². The summed E-state index contributed by atoms with van der Waals surface area (Å²) in [7, 11) is 0. The third-order valence-corrected chi connectivity index (χ3v) is 2.20. The van der Waals surface area contributed by atoms with Crippen LogP contribution in [-0.4, -0.2) is 16.0 Å². The standard InChI is InChI=1S/C11H12N4O2/c1-7-4-8(15-17-7)5-14-11(16)9-2-3-13-6-10(9)12/h2-4,6H,5,12H2,1H3,(H,14,16). The molecule has 0 saturated heterocycles. The highest BCUT2D eigenvalue weighted by molar-refractivity contribution is 5.98. The number of hydrogen-bond acceptors (Lipinski definition) is 5. The molecule has 2 heterocycles. The van der Waals surface area contributed by atoms with Gasteiger partial charge in [0.2, 0.25) is 0 Å². The number of rotatable bonds is 3. The third kappa shape index (κ3) is 2.60. The quantitative estimate of drug-likeness (QED) is 0.819. The lowest BCUT2D eigenvalue weighted by Gasteiger charge is -2.04. The maximum atomic E-state index is 11.8. The van der Waals surface area contributed by atoms with E-state index in [4.69, 9.17) is 10.3 Å². The molecular formula is C11H12N4O2. The molecule has 0 fully saturated rings. The number of carbonyl (C=O) groups excluding carboxylic acids is 1. The SMILES string of the molecule is Cc1cc(CNC(=O)c2ccncc2N)no1. The maximum absolute atomic E-state index is 11.8. The molecule has 88 valence electrons. The van der Waals surface area contributed by atoms with Crippen molar-refractivity contribution in [1.29, 1.82) is 0 Å². The number of nitrogens with zero attached hydrogens (tertiary/aromatic N) is 2. The summed E-state index contributed by atoms with van der Waals surface area (Å²) in [4.78, 5) is 15.6. The van der Waals surface area contributed by atoms with Gasteiger partial charge in [-0.1, -0.05) is 5.16 Å². The number of pyridine rings is 1. The lowest BCUT2D eigenvalue weighted by molar-refractivity contribution is 0.0951. The molecule has 0 bridgehead atoms. The first-order chi connectivity index (χ1) is 8.16. The highest BCUT2D eigenvalue weighted by Crippen LogP contribution is 2.08. The number of aryl methyl sites for hydroxylation is 1. The van der Waals surface area contributed by atoms with Crippen LogP contribution in [0.5, 0.6) is 0 Å². The summed E-state index contributed by atoms with van der Waals surface area (Å²) >= 11 is 0. The highest BCUT2D eigenvalue weighted by Gasteiger charge is 2.09. The number of hydrogen-bond donors (Lipinski definition) is 2. The van der Waals surface area contributed by atoms with Crippen molar-refractivity contribution in [3.63, 3.8) is 0 Å². The van der Waals surface area contributed by atoms with Gasteiger partial charge in [0.25, 0.3) is 5.91 Å². The zero-order chi connectivity index (χ0) is 12.3. The number of anilines is 1. The number of amides is 1. The lowest BCUT2D eigenvalue weighted by Crippen LogP contribution is -2.24. The smallest absolute Gasteiger partial charge is 0.253 e. The second-order valence-electron chi connectivity index (χ2n) is 3.57. The van der Waals surface area contributed by atoms with Gasteiger partial charge in [-0.05, 0) is 13.0 Å². The fourth-order valence-electron chi connectivity index (χ4n) is 1.38. The summed E-state index contributed by atoms with van der Waals surface area (Å²) in [5.41, 5.74) is 7.06. The van der Waals surface area contributed by atoms with Crippen molar-refractivity contribution >= 4 is 11.6 Å². The van der Waals surface area contributed by atoms with Crippen LogP contribution in [0.25, 0.3) is 0 Å². The van der Waals surface area contributed by atoms with Gasteiger partial charge in [-0.25, -0.2) is 0 Å². The first-order valence-corrected chi connectivity index (χ1v) is 5.06. The third-order valence-electron chi connectivity index (χ3n) is 2.20. The molecule has 6 nitrogen and oxygen atoms in total. The summed E-state index contributed by atoms with van der Waals surface area (Å²) in [6.07, 6.45) is 2.96. The topological polar surface area (TPSA) is 94.0 Å². The Morgan fingerprint density at radius 3 is 3.06 bits per heavy atom. The normalized spacial score (nSPS) is 10.2. The first kappa shape index (κ1) is 11.1.